The number of nitrogens with two attached hydrogens (primary N) is 1. The molecular formula is C19H19N7O7S3. The molecule has 2 aliphatic heterocycles. The number of nitrogens with one attached hydrogen (secondary N) is 1. The first-order valence-corrected chi connectivity index (χ1v) is 13.1. The number of carbonyl (C=O) groups excluding carboxylic acids is 2. The minimum absolute atomic E-state index is 0.0670. The Bertz CT molecular complexity index is 1430. The number of β-lactam (4-membered cyclic amide) rings is 1. The van der Waals surface area contributed by atoms with E-state index in [1.165, 1.54) is 35.5 Å². The zero-order valence-electron chi connectivity index (χ0n) is 18.8. The number of thioether (sulfide) groups is 2. The molecule has 190 valence electrons. The summed E-state index contributed by atoms with van der Waals surface area (Å²) in [4.78, 5) is 74.6. The lowest BCUT2D eigenvalue weighted by molar-refractivity contribution is -0.153. The predicted octanol–water partition coefficient (Wildman–Crippen LogP) is -0.521. The van der Waals surface area contributed by atoms with Crippen LogP contribution in [0.25, 0.3) is 0 Å². The van der Waals surface area contributed by atoms with E-state index in [9.17, 15) is 29.1 Å². The van der Waals surface area contributed by atoms with Crippen molar-refractivity contribution in [3.05, 3.63) is 43.1 Å². The molecule has 2 aromatic rings. The van der Waals surface area contributed by atoms with Crippen LogP contribution in [0.3, 0.4) is 0 Å². The molecule has 0 bridgehead atoms. The van der Waals surface area contributed by atoms with E-state index >= 15 is 0 Å². The minimum atomic E-state index is -1.28. The fourth-order valence-electron chi connectivity index (χ4n) is 3.70. The Morgan fingerprint density at radius 3 is 2.75 bits per heavy atom. The maximum absolute atomic E-state index is 13.0. The number of rotatable bonds is 9. The number of anilines is 1. The van der Waals surface area contributed by atoms with Crippen molar-refractivity contribution >= 4 is 63.4 Å². The molecule has 0 spiro atoms. The third kappa shape index (κ3) is 4.80. The van der Waals surface area contributed by atoms with Gasteiger partial charge in [-0.3, -0.25) is 33.9 Å². The van der Waals surface area contributed by atoms with Crippen LogP contribution >= 0.6 is 34.9 Å². The van der Waals surface area contributed by atoms with Crippen molar-refractivity contribution in [1.82, 2.24) is 24.6 Å². The van der Waals surface area contributed by atoms with E-state index in [1.807, 2.05) is 0 Å². The van der Waals surface area contributed by atoms with Crippen LogP contribution in [-0.2, 0) is 26.3 Å². The number of nitrogen functional groups attached to an aromatic ring is 1. The Hall–Kier alpha value is -3.44. The maximum atomic E-state index is 13.0. The summed E-state index contributed by atoms with van der Waals surface area (Å²) in [6.45, 7) is 0. The number of aliphatic carboxylic acids is 1. The number of aromatic amines is 1. The summed E-state index contributed by atoms with van der Waals surface area (Å²) >= 11 is 3.52. The van der Waals surface area contributed by atoms with Crippen LogP contribution in [0.1, 0.15) is 12.1 Å². The summed E-state index contributed by atoms with van der Waals surface area (Å²) in [5, 5.41) is 17.4. The van der Waals surface area contributed by atoms with Crippen molar-refractivity contribution in [2.24, 2.45) is 18.1 Å². The molecule has 1 amide bonds. The van der Waals surface area contributed by atoms with E-state index < -0.39 is 40.1 Å². The Balaban J connectivity index is 1.51. The highest BCUT2D eigenvalue weighted by Gasteiger charge is 2.54. The summed E-state index contributed by atoms with van der Waals surface area (Å²) in [5.74, 6) is -2.59. The number of oxime groups is 1. The van der Waals surface area contributed by atoms with Gasteiger partial charge >= 0.3 is 17.1 Å². The largest absolute Gasteiger partial charge is 0.477 e. The smallest absolute Gasteiger partial charge is 0.352 e. The molecule has 4 N–H and O–H groups in total. The topological polar surface area (TPSA) is 203 Å². The average molecular weight is 554 g/mol. The van der Waals surface area contributed by atoms with Gasteiger partial charge in [0.15, 0.2) is 21.8 Å². The number of hydrogen-bond donors (Lipinski definition) is 3. The van der Waals surface area contributed by atoms with Crippen LogP contribution < -0.4 is 16.9 Å². The first-order chi connectivity index (χ1) is 17.1. The van der Waals surface area contributed by atoms with E-state index in [0.29, 0.717) is 5.57 Å². The molecule has 36 heavy (non-hydrogen) atoms. The van der Waals surface area contributed by atoms with E-state index in [2.05, 4.69) is 20.2 Å². The number of thiazole rings is 1. The molecule has 1 saturated heterocycles. The number of carbonyl (C=O) groups is 3. The van der Waals surface area contributed by atoms with E-state index in [-0.39, 0.29) is 45.3 Å². The third-order valence-corrected chi connectivity index (χ3v) is 8.49. The van der Waals surface area contributed by atoms with E-state index in [1.54, 1.807) is 5.38 Å². The molecule has 2 aliphatic rings. The van der Waals surface area contributed by atoms with Crippen LogP contribution in [0.2, 0.25) is 0 Å². The fourth-order valence-corrected chi connectivity index (χ4v) is 6.71. The van der Waals surface area contributed by atoms with Gasteiger partial charge < -0.3 is 15.7 Å². The van der Waals surface area contributed by atoms with Crippen molar-refractivity contribution in [1.29, 1.82) is 0 Å². The van der Waals surface area contributed by atoms with Crippen LogP contribution in [-0.4, -0.2) is 77.1 Å². The van der Waals surface area contributed by atoms with Crippen molar-refractivity contribution < 1.29 is 24.3 Å². The van der Waals surface area contributed by atoms with Gasteiger partial charge in [0.2, 0.25) is 5.91 Å². The highest BCUT2D eigenvalue weighted by Crippen LogP contribution is 2.46. The standard InChI is InChI=1S/C19H19N7O7S3/c1-25-19(22-13(28)14(29)23-25)36-5-7-4-34-16-8(15(30)26(16)12(7)17(31)32)3-10(27)11(24-33-2)9-6-35-18(20)21-9/h6,8,16H,3-5H2,1-2H3,(H2,20,21)(H,23,29)(H,31,32)/b24-11-/t8-,16-/m1/s1. The number of ketones is 1. The highest BCUT2D eigenvalue weighted by atomic mass is 32.2. The fraction of sp³-hybridized carbons (Fsp3) is 0.368. The normalized spacial score (nSPS) is 19.7. The summed E-state index contributed by atoms with van der Waals surface area (Å²) in [6, 6.07) is 0. The molecule has 2 atom stereocenters. The quantitative estimate of drug-likeness (QED) is 0.118. The molecular weight excluding hydrogens is 534 g/mol. The number of H-pyrrole nitrogens is 1. The first kappa shape index (κ1) is 25.6. The zero-order valence-corrected chi connectivity index (χ0v) is 21.2. The van der Waals surface area contributed by atoms with Gasteiger partial charge in [-0.05, 0) is 5.57 Å². The second-order valence-corrected chi connectivity index (χ2v) is 10.5. The highest BCUT2D eigenvalue weighted by molar-refractivity contribution is 8.01. The first-order valence-electron chi connectivity index (χ1n) is 10.2. The summed E-state index contributed by atoms with van der Waals surface area (Å²) in [5.41, 5.74) is 4.28. The maximum Gasteiger partial charge on any atom is 0.352 e. The average Bonchev–Trinajstić information content (AvgIpc) is 3.27. The van der Waals surface area contributed by atoms with Gasteiger partial charge in [-0.15, -0.1) is 23.1 Å². The summed E-state index contributed by atoms with van der Waals surface area (Å²) < 4.78 is 1.26. The Morgan fingerprint density at radius 2 is 2.11 bits per heavy atom. The van der Waals surface area contributed by atoms with Gasteiger partial charge in [-0.2, -0.15) is 4.98 Å². The van der Waals surface area contributed by atoms with Crippen molar-refractivity contribution in [3.63, 3.8) is 0 Å². The van der Waals surface area contributed by atoms with Crippen molar-refractivity contribution in [2.45, 2.75) is 17.0 Å². The van der Waals surface area contributed by atoms with E-state index in [4.69, 9.17) is 10.6 Å². The van der Waals surface area contributed by atoms with Crippen LogP contribution in [0.5, 0.6) is 0 Å². The molecule has 0 radical (unpaired) electrons. The number of amides is 1. The molecule has 17 heteroatoms. The number of aryl methyl sites for hydroxylation is 1. The van der Waals surface area contributed by atoms with Crippen LogP contribution in [0.4, 0.5) is 5.13 Å². The van der Waals surface area contributed by atoms with Crippen molar-refractivity contribution in [2.75, 3.05) is 24.3 Å². The Kier molecular flexibility index (Phi) is 7.32. The van der Waals surface area contributed by atoms with Gasteiger partial charge in [-0.25, -0.2) is 9.78 Å². The minimum Gasteiger partial charge on any atom is -0.477 e. The van der Waals surface area contributed by atoms with Gasteiger partial charge in [0.05, 0.1) is 11.3 Å². The number of carboxylic acids is 1. The van der Waals surface area contributed by atoms with Crippen molar-refractivity contribution in [3.8, 4) is 0 Å². The lowest BCUT2D eigenvalue weighted by atomic mass is 9.89. The monoisotopic (exact) mass is 553 g/mol. The number of aromatic nitrogens is 4. The molecule has 4 heterocycles. The molecule has 2 aromatic heterocycles. The number of Topliss-reactive ketones (excluding diaryl/α,β-unsaturated/α-hetero) is 1. The molecule has 0 aliphatic carbocycles. The lowest BCUT2D eigenvalue weighted by Crippen LogP contribution is -2.62. The molecule has 14 nitrogen and oxygen atoms in total. The number of nitrogens with zero attached hydrogens (tertiary/aromatic N) is 5. The predicted molar refractivity (Wildman–Crippen MR) is 132 cm³/mol. The van der Waals surface area contributed by atoms with E-state index in [0.717, 1.165) is 23.1 Å². The Labute approximate surface area is 214 Å². The molecule has 1 fully saturated rings. The number of hydrogen-bond acceptors (Lipinski definition) is 13. The van der Waals surface area contributed by atoms with Gasteiger partial charge in [0.25, 0.3) is 0 Å². The number of carboxylic acid groups (broad SMARTS) is 1. The van der Waals surface area contributed by atoms with Gasteiger partial charge in [0, 0.05) is 30.4 Å². The zero-order chi connectivity index (χ0) is 26.1. The molecule has 0 saturated carbocycles. The number of fused-ring (bicyclic) bond motifs is 1. The van der Waals surface area contributed by atoms with Gasteiger partial charge in [0.1, 0.15) is 18.5 Å². The lowest BCUT2D eigenvalue weighted by Gasteiger charge is -2.49. The van der Waals surface area contributed by atoms with Crippen LogP contribution in [0, 0.1) is 5.92 Å². The molecule has 0 aromatic carbocycles. The second kappa shape index (κ2) is 10.3. The van der Waals surface area contributed by atoms with Crippen LogP contribution in [0.15, 0.2) is 36.6 Å². The molecule has 4 rings (SSSR count). The summed E-state index contributed by atoms with van der Waals surface area (Å²) in [7, 11) is 2.77. The SMILES string of the molecule is CO/N=C(\C(=O)C[C@@H]1C(=O)N2C(C(=O)O)=C(CSc3nc(=O)c(=O)[nH]n3C)CS[C@H]12)c1csc(N)n1. The molecule has 0 unspecified atom stereocenters. The van der Waals surface area contributed by atoms with Gasteiger partial charge in [-0.1, -0.05) is 16.9 Å². The second-order valence-electron chi connectivity index (χ2n) is 7.58. The Morgan fingerprint density at radius 1 is 1.36 bits per heavy atom. The summed E-state index contributed by atoms with van der Waals surface area (Å²) in [6.07, 6.45) is -0.201. The third-order valence-electron chi connectivity index (χ3n) is 5.30.